The molecule has 0 spiro atoms. The van der Waals surface area contributed by atoms with Gasteiger partial charge in [-0.05, 0) is 89.9 Å². The number of benzene rings is 2. The minimum atomic E-state index is -1.19. The molecule has 0 radical (unpaired) electrons. The smallest absolute Gasteiger partial charge is 0.333 e. The van der Waals surface area contributed by atoms with E-state index in [1.165, 1.54) is 85.4 Å². The molecule has 1 heterocycles. The van der Waals surface area contributed by atoms with Crippen molar-refractivity contribution in [1.82, 2.24) is 0 Å². The fourth-order valence-electron chi connectivity index (χ4n) is 6.38. The van der Waals surface area contributed by atoms with Crippen LogP contribution in [0.25, 0.3) is 32.5 Å². The quantitative estimate of drug-likeness (QED) is 0.135. The van der Waals surface area contributed by atoms with Crippen LogP contribution >= 0.6 is 11.3 Å². The minimum absolute atomic E-state index is 0.00947. The Bertz CT molecular complexity index is 1430. The SMILES string of the molecule is [C-]#[N+]C(=Cc1ccc(-c2ccc3c(c2)C(CCCC)(CCCC)c2cc(N(CCCC)CCCC)ccc2-3)s1)C(=O)O. The number of hydrogen-bond donors (Lipinski definition) is 1. The minimum Gasteiger partial charge on any atom is -0.486 e. The van der Waals surface area contributed by atoms with Gasteiger partial charge in [-0.1, -0.05) is 84.4 Å². The first-order valence-corrected chi connectivity index (χ1v) is 16.7. The van der Waals surface area contributed by atoms with Crippen LogP contribution in [-0.4, -0.2) is 24.2 Å². The third kappa shape index (κ3) is 6.65. The molecule has 5 heteroatoms. The molecule has 0 bridgehead atoms. The van der Waals surface area contributed by atoms with Gasteiger partial charge in [-0.25, -0.2) is 4.85 Å². The van der Waals surface area contributed by atoms with Crippen molar-refractivity contribution < 1.29 is 9.90 Å². The summed E-state index contributed by atoms with van der Waals surface area (Å²) < 4.78 is 0. The van der Waals surface area contributed by atoms with Gasteiger partial charge in [0.1, 0.15) is 0 Å². The maximum Gasteiger partial charge on any atom is 0.333 e. The second kappa shape index (κ2) is 14.7. The lowest BCUT2D eigenvalue weighted by Crippen LogP contribution is -2.28. The Morgan fingerprint density at radius 2 is 1.45 bits per heavy atom. The highest BCUT2D eigenvalue weighted by Gasteiger charge is 2.42. The lowest BCUT2D eigenvalue weighted by Gasteiger charge is -2.34. The number of aliphatic carboxylic acids is 1. The number of hydrogen-bond acceptors (Lipinski definition) is 3. The number of rotatable bonds is 16. The summed E-state index contributed by atoms with van der Waals surface area (Å²) in [5.74, 6) is -1.19. The van der Waals surface area contributed by atoms with E-state index < -0.39 is 5.97 Å². The fraction of sp³-hybridized carbons (Fsp3) is 0.459. The third-order valence-electron chi connectivity index (χ3n) is 8.72. The molecule has 0 atom stereocenters. The largest absolute Gasteiger partial charge is 0.486 e. The number of thiophene rings is 1. The Morgan fingerprint density at radius 3 is 2.02 bits per heavy atom. The van der Waals surface area contributed by atoms with Crippen molar-refractivity contribution in [1.29, 1.82) is 0 Å². The number of carbonyl (C=O) groups is 1. The lowest BCUT2D eigenvalue weighted by molar-refractivity contribution is -0.132. The van der Waals surface area contributed by atoms with Crippen molar-refractivity contribution >= 4 is 29.1 Å². The summed E-state index contributed by atoms with van der Waals surface area (Å²) in [7, 11) is 0. The van der Waals surface area contributed by atoms with Gasteiger partial charge >= 0.3 is 5.97 Å². The molecule has 0 aliphatic heterocycles. The van der Waals surface area contributed by atoms with E-state index in [-0.39, 0.29) is 11.1 Å². The molecule has 0 fully saturated rings. The lowest BCUT2D eigenvalue weighted by atomic mass is 9.70. The summed E-state index contributed by atoms with van der Waals surface area (Å²) in [6, 6.07) is 18.2. The number of nitrogens with zero attached hydrogens (tertiary/aromatic N) is 2. The van der Waals surface area contributed by atoms with Gasteiger partial charge in [-0.3, -0.25) is 4.79 Å². The average molecular weight is 583 g/mol. The number of fused-ring (bicyclic) bond motifs is 3. The predicted octanol–water partition coefficient (Wildman–Crippen LogP) is 10.8. The molecule has 42 heavy (non-hydrogen) atoms. The highest BCUT2D eigenvalue weighted by atomic mass is 32.1. The summed E-state index contributed by atoms with van der Waals surface area (Å²) in [6.45, 7) is 18.6. The zero-order chi connectivity index (χ0) is 30.1. The first-order valence-electron chi connectivity index (χ1n) is 15.9. The van der Waals surface area contributed by atoms with E-state index in [1.54, 1.807) is 11.3 Å². The van der Waals surface area contributed by atoms with E-state index in [1.807, 2.05) is 6.07 Å². The molecule has 0 saturated carbocycles. The number of carboxylic acids is 1. The van der Waals surface area contributed by atoms with Gasteiger partial charge in [-0.15, -0.1) is 11.3 Å². The number of carboxylic acid groups (broad SMARTS) is 1. The molecule has 1 aliphatic rings. The highest BCUT2D eigenvalue weighted by Crippen LogP contribution is 2.55. The first kappa shape index (κ1) is 31.6. The molecular weight excluding hydrogens is 536 g/mol. The Balaban J connectivity index is 1.83. The second-order valence-electron chi connectivity index (χ2n) is 11.6. The molecule has 1 aliphatic carbocycles. The number of unbranched alkanes of at least 4 members (excludes halogenated alkanes) is 4. The van der Waals surface area contributed by atoms with E-state index in [4.69, 9.17) is 6.57 Å². The Hall–Kier alpha value is -3.36. The molecule has 1 N–H and O–H groups in total. The molecule has 0 unspecified atom stereocenters. The van der Waals surface area contributed by atoms with Crippen LogP contribution in [0.15, 0.2) is 54.2 Å². The van der Waals surface area contributed by atoms with Crippen LogP contribution in [-0.2, 0) is 10.2 Å². The molecule has 0 amide bonds. The van der Waals surface area contributed by atoms with Gasteiger partial charge in [0, 0.05) is 33.9 Å². The van der Waals surface area contributed by atoms with Crippen molar-refractivity contribution in [2.75, 3.05) is 18.0 Å². The molecule has 1 aromatic heterocycles. The molecule has 3 aromatic rings. The van der Waals surface area contributed by atoms with Crippen molar-refractivity contribution in [3.05, 3.63) is 81.6 Å². The first-order chi connectivity index (χ1) is 20.4. The third-order valence-corrected chi connectivity index (χ3v) is 9.80. The van der Waals surface area contributed by atoms with E-state index in [9.17, 15) is 9.90 Å². The standard InChI is InChI=1S/C37H46N2O2S/c1-6-10-20-37(21-11-7-2)32-24-27(35-19-16-29(42-35)26-34(38-5)36(40)41)14-17-30(32)31-18-15-28(25-33(31)37)39(22-12-8-3)23-13-9-4/h14-19,24-26H,6-13,20-23H2,1-4H3,(H,40,41). The Kier molecular flexibility index (Phi) is 11.0. The van der Waals surface area contributed by atoms with Crippen LogP contribution in [0, 0.1) is 6.57 Å². The van der Waals surface area contributed by atoms with Gasteiger partial charge < -0.3 is 10.0 Å². The summed E-state index contributed by atoms with van der Waals surface area (Å²) >= 11 is 1.54. The number of anilines is 1. The molecule has 4 rings (SSSR count). The normalized spacial score (nSPS) is 13.5. The molecule has 2 aromatic carbocycles. The van der Waals surface area contributed by atoms with Crippen molar-refractivity contribution in [3.63, 3.8) is 0 Å². The van der Waals surface area contributed by atoms with Crippen LogP contribution in [0.1, 0.15) is 108 Å². The summed E-state index contributed by atoms with van der Waals surface area (Å²) in [4.78, 5) is 19.1. The zero-order valence-corrected chi connectivity index (χ0v) is 26.7. The monoisotopic (exact) mass is 582 g/mol. The van der Waals surface area contributed by atoms with Gasteiger partial charge in [0.2, 0.25) is 0 Å². The van der Waals surface area contributed by atoms with Gasteiger partial charge in [0.15, 0.2) is 0 Å². The topological polar surface area (TPSA) is 44.9 Å². The second-order valence-corrected chi connectivity index (χ2v) is 12.7. The van der Waals surface area contributed by atoms with Crippen molar-refractivity contribution in [2.24, 2.45) is 0 Å². The highest BCUT2D eigenvalue weighted by molar-refractivity contribution is 7.16. The van der Waals surface area contributed by atoms with Crippen molar-refractivity contribution in [3.8, 4) is 21.6 Å². The maximum atomic E-state index is 11.4. The van der Waals surface area contributed by atoms with E-state index in [2.05, 4.69) is 79.9 Å². The van der Waals surface area contributed by atoms with Gasteiger partial charge in [-0.2, -0.15) is 0 Å². The van der Waals surface area contributed by atoms with Gasteiger partial charge in [0.05, 0.1) is 6.57 Å². The Labute approximate surface area is 256 Å². The fourth-order valence-corrected chi connectivity index (χ4v) is 7.33. The van der Waals surface area contributed by atoms with E-state index in [0.717, 1.165) is 41.2 Å². The van der Waals surface area contributed by atoms with Crippen LogP contribution in [0.5, 0.6) is 0 Å². The van der Waals surface area contributed by atoms with Crippen LogP contribution in [0.2, 0.25) is 0 Å². The molecule has 222 valence electrons. The van der Waals surface area contributed by atoms with Crippen LogP contribution in [0.4, 0.5) is 5.69 Å². The van der Waals surface area contributed by atoms with E-state index >= 15 is 0 Å². The Morgan fingerprint density at radius 1 is 0.857 bits per heavy atom. The zero-order valence-electron chi connectivity index (χ0n) is 25.8. The average Bonchev–Trinajstić information content (AvgIpc) is 3.58. The van der Waals surface area contributed by atoms with Crippen LogP contribution in [0.3, 0.4) is 0 Å². The molecule has 0 saturated heterocycles. The molecular formula is C37H46N2O2S. The van der Waals surface area contributed by atoms with Gasteiger partial charge in [0.25, 0.3) is 5.70 Å². The summed E-state index contributed by atoms with van der Waals surface area (Å²) in [5, 5.41) is 9.31. The van der Waals surface area contributed by atoms with Crippen molar-refractivity contribution in [2.45, 2.75) is 97.3 Å². The molecule has 4 nitrogen and oxygen atoms in total. The summed E-state index contributed by atoms with van der Waals surface area (Å²) in [5.41, 5.74) is 7.96. The van der Waals surface area contributed by atoms with E-state index in [0.29, 0.717) is 0 Å². The maximum absolute atomic E-state index is 11.4. The summed E-state index contributed by atoms with van der Waals surface area (Å²) in [6.07, 6.45) is 13.3. The van der Waals surface area contributed by atoms with Crippen LogP contribution < -0.4 is 4.90 Å². The predicted molar refractivity (Wildman–Crippen MR) is 179 cm³/mol.